The maximum Gasteiger partial charge on any atom is 0.227 e. The predicted octanol–water partition coefficient (Wildman–Crippen LogP) is 14.5. The van der Waals surface area contributed by atoms with Crippen LogP contribution in [-0.2, 0) is 0 Å². The van der Waals surface area contributed by atoms with E-state index in [1.54, 1.807) is 0 Å². The summed E-state index contributed by atoms with van der Waals surface area (Å²) in [5.74, 6) is 0.603. The summed E-state index contributed by atoms with van der Waals surface area (Å²) in [6.07, 6.45) is 0. The topological polar surface area (TPSA) is 42.4 Å². The second kappa shape index (κ2) is 12.6. The second-order valence-electron chi connectivity index (χ2n) is 13.9. The number of hydrogen-bond acceptors (Lipinski definition) is 4. The third-order valence-electron chi connectivity index (χ3n) is 10.7. The van der Waals surface area contributed by atoms with Crippen LogP contribution in [0, 0.1) is 0 Å². The average Bonchev–Trinajstić information content (AvgIpc) is 3.84. The number of aromatic nitrogens is 1. The van der Waals surface area contributed by atoms with Gasteiger partial charge in [0.2, 0.25) is 5.89 Å². The number of fused-ring (bicyclic) bond motifs is 7. The first-order chi connectivity index (χ1) is 27.2. The Hall–Kier alpha value is -7.43. The number of para-hydroxylation sites is 2. The predicted molar refractivity (Wildman–Crippen MR) is 227 cm³/mol. The molecule has 258 valence electrons. The van der Waals surface area contributed by atoms with E-state index >= 15 is 0 Å². The van der Waals surface area contributed by atoms with Crippen LogP contribution in [-0.4, -0.2) is 4.98 Å². The normalized spacial score (nSPS) is 11.6. The molecule has 0 atom stereocenters. The summed E-state index contributed by atoms with van der Waals surface area (Å²) in [6, 6.07) is 68.3. The van der Waals surface area contributed by atoms with Crippen molar-refractivity contribution in [3.63, 3.8) is 0 Å². The molecule has 55 heavy (non-hydrogen) atoms. The van der Waals surface area contributed by atoms with Crippen LogP contribution < -0.4 is 4.90 Å². The van der Waals surface area contributed by atoms with Crippen molar-refractivity contribution in [3.8, 4) is 33.7 Å². The van der Waals surface area contributed by atoms with E-state index in [2.05, 4.69) is 163 Å². The quantitative estimate of drug-likeness (QED) is 0.162. The highest BCUT2D eigenvalue weighted by Crippen LogP contribution is 2.44. The maximum atomic E-state index is 6.62. The first-order valence-electron chi connectivity index (χ1n) is 18.5. The van der Waals surface area contributed by atoms with E-state index in [0.29, 0.717) is 5.89 Å². The monoisotopic (exact) mass is 704 g/mol. The van der Waals surface area contributed by atoms with Gasteiger partial charge in [-0.05, 0) is 81.2 Å². The van der Waals surface area contributed by atoms with Crippen molar-refractivity contribution in [2.24, 2.45) is 0 Å². The van der Waals surface area contributed by atoms with Crippen molar-refractivity contribution >= 4 is 71.6 Å². The van der Waals surface area contributed by atoms with Gasteiger partial charge in [-0.25, -0.2) is 4.98 Å². The molecule has 2 aromatic heterocycles. The van der Waals surface area contributed by atoms with Crippen molar-refractivity contribution in [3.05, 3.63) is 194 Å². The molecule has 0 radical (unpaired) electrons. The van der Waals surface area contributed by atoms with Crippen LogP contribution in [0.2, 0.25) is 0 Å². The molecule has 0 aliphatic carbocycles. The number of benzene rings is 9. The first kappa shape index (κ1) is 31.1. The molecular weight excluding hydrogens is 673 g/mol. The molecule has 0 bridgehead atoms. The Morgan fingerprint density at radius 2 is 1.04 bits per heavy atom. The molecule has 0 aliphatic heterocycles. The van der Waals surface area contributed by atoms with Crippen LogP contribution in [0.15, 0.2) is 203 Å². The molecule has 11 rings (SSSR count). The Bertz CT molecular complexity index is 3200. The number of furan rings is 1. The fourth-order valence-corrected chi connectivity index (χ4v) is 8.04. The third-order valence-corrected chi connectivity index (χ3v) is 10.7. The van der Waals surface area contributed by atoms with Gasteiger partial charge in [0.25, 0.3) is 0 Å². The highest BCUT2D eigenvalue weighted by molar-refractivity contribution is 6.13. The van der Waals surface area contributed by atoms with E-state index in [-0.39, 0.29) is 0 Å². The molecule has 0 unspecified atom stereocenters. The summed E-state index contributed by atoms with van der Waals surface area (Å²) >= 11 is 0. The van der Waals surface area contributed by atoms with Crippen LogP contribution in [0.1, 0.15) is 0 Å². The lowest BCUT2D eigenvalue weighted by molar-refractivity contribution is 0.620. The van der Waals surface area contributed by atoms with Crippen LogP contribution >= 0.6 is 0 Å². The zero-order valence-electron chi connectivity index (χ0n) is 29.7. The molecule has 2 heterocycles. The Morgan fingerprint density at radius 3 is 1.89 bits per heavy atom. The average molecular weight is 705 g/mol. The number of hydrogen-bond donors (Lipinski definition) is 0. The molecule has 0 N–H and O–H groups in total. The van der Waals surface area contributed by atoms with Gasteiger partial charge < -0.3 is 13.7 Å². The minimum Gasteiger partial charge on any atom is -0.455 e. The van der Waals surface area contributed by atoms with E-state index in [1.807, 2.05) is 36.4 Å². The molecule has 0 saturated heterocycles. The van der Waals surface area contributed by atoms with Crippen LogP contribution in [0.25, 0.3) is 88.3 Å². The molecule has 4 heteroatoms. The fraction of sp³-hybridized carbons (Fsp3) is 0. The van der Waals surface area contributed by atoms with Gasteiger partial charge in [-0.2, -0.15) is 0 Å². The summed E-state index contributed by atoms with van der Waals surface area (Å²) in [6.45, 7) is 0. The zero-order chi connectivity index (χ0) is 36.3. The van der Waals surface area contributed by atoms with E-state index < -0.39 is 0 Å². The molecule has 0 spiro atoms. The van der Waals surface area contributed by atoms with Crippen molar-refractivity contribution in [2.75, 3.05) is 4.90 Å². The first-order valence-corrected chi connectivity index (χ1v) is 18.5. The Kier molecular flexibility index (Phi) is 7.14. The third kappa shape index (κ3) is 5.26. The summed E-state index contributed by atoms with van der Waals surface area (Å²) in [7, 11) is 0. The van der Waals surface area contributed by atoms with Gasteiger partial charge in [0, 0.05) is 44.9 Å². The van der Waals surface area contributed by atoms with Gasteiger partial charge in [0.05, 0.1) is 5.69 Å². The van der Waals surface area contributed by atoms with E-state index in [0.717, 1.165) is 72.4 Å². The summed E-state index contributed by atoms with van der Waals surface area (Å²) < 4.78 is 12.8. The zero-order valence-corrected chi connectivity index (χ0v) is 29.7. The van der Waals surface area contributed by atoms with Crippen LogP contribution in [0.4, 0.5) is 17.1 Å². The fourth-order valence-electron chi connectivity index (χ4n) is 8.04. The highest BCUT2D eigenvalue weighted by atomic mass is 16.4. The lowest BCUT2D eigenvalue weighted by Crippen LogP contribution is -2.11. The van der Waals surface area contributed by atoms with Crippen LogP contribution in [0.3, 0.4) is 0 Å². The lowest BCUT2D eigenvalue weighted by atomic mass is 9.99. The van der Waals surface area contributed by atoms with Gasteiger partial charge in [0.15, 0.2) is 5.58 Å². The van der Waals surface area contributed by atoms with E-state index in [9.17, 15) is 0 Å². The lowest BCUT2D eigenvalue weighted by Gasteiger charge is -2.28. The molecule has 11 aromatic rings. The molecule has 9 aromatic carbocycles. The number of nitrogens with zero attached hydrogens (tertiary/aromatic N) is 2. The minimum absolute atomic E-state index is 0.603. The van der Waals surface area contributed by atoms with Gasteiger partial charge in [-0.15, -0.1) is 0 Å². The Labute approximate surface area is 317 Å². The van der Waals surface area contributed by atoms with Gasteiger partial charge in [0.1, 0.15) is 16.7 Å². The maximum absolute atomic E-state index is 6.62. The highest BCUT2D eigenvalue weighted by Gasteiger charge is 2.20. The van der Waals surface area contributed by atoms with Gasteiger partial charge >= 0.3 is 0 Å². The molecular formula is C51H32N2O2. The van der Waals surface area contributed by atoms with Crippen LogP contribution in [0.5, 0.6) is 0 Å². The number of rotatable bonds is 6. The molecule has 0 saturated carbocycles. The summed E-state index contributed by atoms with van der Waals surface area (Å²) in [4.78, 5) is 7.15. The number of oxazole rings is 1. The van der Waals surface area contributed by atoms with E-state index in [4.69, 9.17) is 13.8 Å². The molecule has 0 fully saturated rings. The standard InChI is InChI=1S/C51H32N2O2/c1-3-12-33(13-4-1)42-18-9-10-21-47(42)53(39-28-29-41-37(30-39)23-22-34-14-7-8-17-40(34)41)38-26-24-35(25-27-38)43-19-11-20-44-45-31-49-46(32-48(45)54-50(43)44)52-51(55-49)36-15-5-2-6-16-36/h1-32H. The molecule has 0 aliphatic rings. The van der Waals surface area contributed by atoms with E-state index in [1.165, 1.54) is 27.1 Å². The minimum atomic E-state index is 0.603. The molecule has 4 nitrogen and oxygen atoms in total. The summed E-state index contributed by atoms with van der Waals surface area (Å²) in [5, 5.41) is 6.99. The largest absolute Gasteiger partial charge is 0.455 e. The summed E-state index contributed by atoms with van der Waals surface area (Å²) in [5.41, 5.74) is 11.8. The van der Waals surface area contributed by atoms with Crippen molar-refractivity contribution in [1.29, 1.82) is 0 Å². The van der Waals surface area contributed by atoms with Crippen molar-refractivity contribution in [2.45, 2.75) is 0 Å². The number of anilines is 3. The Balaban J connectivity index is 1.03. The smallest absolute Gasteiger partial charge is 0.227 e. The Morgan fingerprint density at radius 1 is 0.382 bits per heavy atom. The van der Waals surface area contributed by atoms with Crippen molar-refractivity contribution < 1.29 is 8.83 Å². The van der Waals surface area contributed by atoms with Crippen molar-refractivity contribution in [1.82, 2.24) is 4.98 Å². The molecule has 0 amide bonds. The van der Waals surface area contributed by atoms with Gasteiger partial charge in [-0.1, -0.05) is 140 Å². The van der Waals surface area contributed by atoms with Gasteiger partial charge in [-0.3, -0.25) is 0 Å². The SMILES string of the molecule is c1ccc(-c2nc3cc4oc5c(-c6ccc(N(c7ccc8c(ccc9ccccc98)c7)c7ccccc7-c7ccccc7)cc6)cccc5c4cc3o2)cc1. The second-order valence-corrected chi connectivity index (χ2v) is 13.9.